The second-order valence-corrected chi connectivity index (χ2v) is 6.99. The van der Waals surface area contributed by atoms with E-state index >= 15 is 0 Å². The SMILES string of the molecule is C=CCOc1c(Br)cc(/C=C(\C#N)C(=O)NC(C)c2ccccc2)cc1OCC. The lowest BCUT2D eigenvalue weighted by Crippen LogP contribution is -2.27. The van der Waals surface area contributed by atoms with Gasteiger partial charge in [0.1, 0.15) is 18.2 Å². The first kappa shape index (κ1) is 22.3. The van der Waals surface area contributed by atoms with Gasteiger partial charge in [0.05, 0.1) is 17.1 Å². The smallest absolute Gasteiger partial charge is 0.262 e. The fraction of sp³-hybridized carbons (Fsp3) is 0.217. The topological polar surface area (TPSA) is 71.3 Å². The molecular formula is C23H23BrN2O3. The molecule has 0 aliphatic carbocycles. The van der Waals surface area contributed by atoms with Crippen molar-refractivity contribution in [1.82, 2.24) is 5.32 Å². The van der Waals surface area contributed by atoms with Crippen LogP contribution in [-0.2, 0) is 4.79 Å². The third kappa shape index (κ3) is 6.23. The lowest BCUT2D eigenvalue weighted by Gasteiger charge is -2.15. The summed E-state index contributed by atoms with van der Waals surface area (Å²) in [6.45, 7) is 8.16. The molecule has 1 unspecified atom stereocenters. The number of halogens is 1. The number of ether oxygens (including phenoxy) is 2. The second kappa shape index (κ2) is 11.1. The van der Waals surface area contributed by atoms with Gasteiger partial charge in [-0.05, 0) is 59.1 Å². The maximum atomic E-state index is 12.6. The Labute approximate surface area is 179 Å². The molecule has 0 fully saturated rings. The van der Waals surface area contributed by atoms with E-state index in [0.717, 1.165) is 5.56 Å². The van der Waals surface area contributed by atoms with Crippen LogP contribution in [-0.4, -0.2) is 19.1 Å². The molecule has 0 saturated heterocycles. The molecule has 0 heterocycles. The van der Waals surface area contributed by atoms with Crippen molar-refractivity contribution < 1.29 is 14.3 Å². The van der Waals surface area contributed by atoms with E-state index in [1.165, 1.54) is 6.08 Å². The molecule has 29 heavy (non-hydrogen) atoms. The van der Waals surface area contributed by atoms with Gasteiger partial charge in [0.25, 0.3) is 5.91 Å². The minimum Gasteiger partial charge on any atom is -0.490 e. The highest BCUT2D eigenvalue weighted by Crippen LogP contribution is 2.37. The summed E-state index contributed by atoms with van der Waals surface area (Å²) in [7, 11) is 0. The van der Waals surface area contributed by atoms with Gasteiger partial charge >= 0.3 is 0 Å². The van der Waals surface area contributed by atoms with E-state index in [1.807, 2.05) is 50.2 Å². The monoisotopic (exact) mass is 454 g/mol. The molecule has 2 rings (SSSR count). The number of hydrogen-bond acceptors (Lipinski definition) is 4. The van der Waals surface area contributed by atoms with Gasteiger partial charge in [-0.15, -0.1) is 0 Å². The molecule has 1 atom stereocenters. The van der Waals surface area contributed by atoms with E-state index in [-0.39, 0.29) is 11.6 Å². The summed E-state index contributed by atoms with van der Waals surface area (Å²) in [5, 5.41) is 12.3. The number of hydrogen-bond donors (Lipinski definition) is 1. The van der Waals surface area contributed by atoms with Crippen molar-refractivity contribution in [3.8, 4) is 17.6 Å². The average Bonchev–Trinajstić information content (AvgIpc) is 2.72. The number of nitrogens with zero attached hydrogens (tertiary/aromatic N) is 1. The summed E-state index contributed by atoms with van der Waals surface area (Å²) >= 11 is 3.47. The maximum absolute atomic E-state index is 12.6. The fourth-order valence-corrected chi connectivity index (χ4v) is 3.21. The van der Waals surface area contributed by atoms with Crippen molar-refractivity contribution in [1.29, 1.82) is 5.26 Å². The van der Waals surface area contributed by atoms with E-state index in [1.54, 1.807) is 18.2 Å². The Morgan fingerprint density at radius 2 is 2.03 bits per heavy atom. The van der Waals surface area contributed by atoms with E-state index in [4.69, 9.17) is 9.47 Å². The van der Waals surface area contributed by atoms with Crippen LogP contribution >= 0.6 is 15.9 Å². The predicted molar refractivity (Wildman–Crippen MR) is 118 cm³/mol. The molecule has 0 aliphatic heterocycles. The minimum atomic E-state index is -0.440. The van der Waals surface area contributed by atoms with Gasteiger partial charge in [-0.2, -0.15) is 5.26 Å². The summed E-state index contributed by atoms with van der Waals surface area (Å²) in [5.74, 6) is 0.625. The first-order valence-electron chi connectivity index (χ1n) is 9.17. The number of rotatable bonds is 9. The van der Waals surface area contributed by atoms with Crippen molar-refractivity contribution in [3.05, 3.63) is 76.3 Å². The van der Waals surface area contributed by atoms with Crippen molar-refractivity contribution in [2.24, 2.45) is 0 Å². The van der Waals surface area contributed by atoms with E-state index < -0.39 is 5.91 Å². The predicted octanol–water partition coefficient (Wildman–Crippen LogP) is 5.20. The third-order valence-electron chi connectivity index (χ3n) is 4.00. The van der Waals surface area contributed by atoms with Crippen LogP contribution < -0.4 is 14.8 Å². The highest BCUT2D eigenvalue weighted by molar-refractivity contribution is 9.10. The lowest BCUT2D eigenvalue weighted by molar-refractivity contribution is -0.117. The van der Waals surface area contributed by atoms with Gasteiger partial charge in [-0.1, -0.05) is 43.0 Å². The highest BCUT2D eigenvalue weighted by atomic mass is 79.9. The van der Waals surface area contributed by atoms with Crippen LogP contribution in [0.15, 0.2) is 65.2 Å². The van der Waals surface area contributed by atoms with Crippen LogP contribution in [0, 0.1) is 11.3 Å². The Morgan fingerprint density at radius 3 is 2.66 bits per heavy atom. The summed E-state index contributed by atoms with van der Waals surface area (Å²) in [6, 6.07) is 14.8. The number of benzene rings is 2. The van der Waals surface area contributed by atoms with Gasteiger partial charge < -0.3 is 14.8 Å². The molecule has 6 heteroatoms. The molecule has 0 bridgehead atoms. The third-order valence-corrected chi connectivity index (χ3v) is 4.59. The largest absolute Gasteiger partial charge is 0.490 e. The normalized spacial score (nSPS) is 11.9. The van der Waals surface area contributed by atoms with Crippen molar-refractivity contribution in [2.45, 2.75) is 19.9 Å². The van der Waals surface area contributed by atoms with Crippen molar-refractivity contribution in [2.75, 3.05) is 13.2 Å². The molecule has 5 nitrogen and oxygen atoms in total. The summed E-state index contributed by atoms with van der Waals surface area (Å²) < 4.78 is 12.0. The van der Waals surface area contributed by atoms with Crippen LogP contribution in [0.3, 0.4) is 0 Å². The van der Waals surface area contributed by atoms with Gasteiger partial charge in [0.2, 0.25) is 0 Å². The number of amides is 1. The molecule has 1 amide bonds. The molecular weight excluding hydrogens is 432 g/mol. The molecule has 0 spiro atoms. The number of nitrogens with one attached hydrogen (secondary N) is 1. The first-order valence-corrected chi connectivity index (χ1v) is 9.97. The molecule has 0 radical (unpaired) electrons. The molecule has 0 aliphatic rings. The molecule has 150 valence electrons. The van der Waals surface area contributed by atoms with Gasteiger partial charge in [-0.25, -0.2) is 0 Å². The van der Waals surface area contributed by atoms with Crippen LogP contribution in [0.2, 0.25) is 0 Å². The first-order chi connectivity index (χ1) is 14.0. The maximum Gasteiger partial charge on any atom is 0.262 e. The zero-order chi connectivity index (χ0) is 21.2. The molecule has 2 aromatic rings. The van der Waals surface area contributed by atoms with Gasteiger partial charge in [-0.3, -0.25) is 4.79 Å². The zero-order valence-corrected chi connectivity index (χ0v) is 18.0. The number of nitriles is 1. The van der Waals surface area contributed by atoms with Crippen LogP contribution in [0.4, 0.5) is 0 Å². The van der Waals surface area contributed by atoms with Crippen LogP contribution in [0.25, 0.3) is 6.08 Å². The molecule has 1 N–H and O–H groups in total. The number of carbonyl (C=O) groups excluding carboxylic acids is 1. The van der Waals surface area contributed by atoms with Crippen molar-refractivity contribution in [3.63, 3.8) is 0 Å². The van der Waals surface area contributed by atoms with Gasteiger partial charge in [0, 0.05) is 0 Å². The second-order valence-electron chi connectivity index (χ2n) is 6.14. The summed E-state index contributed by atoms with van der Waals surface area (Å²) in [5.41, 5.74) is 1.61. The average molecular weight is 455 g/mol. The van der Waals surface area contributed by atoms with E-state index in [0.29, 0.717) is 34.7 Å². The molecule has 0 aromatic heterocycles. The Hall–Kier alpha value is -3.04. The Kier molecular flexibility index (Phi) is 8.50. The fourth-order valence-electron chi connectivity index (χ4n) is 2.63. The zero-order valence-electron chi connectivity index (χ0n) is 16.4. The van der Waals surface area contributed by atoms with Crippen LogP contribution in [0.5, 0.6) is 11.5 Å². The lowest BCUT2D eigenvalue weighted by atomic mass is 10.1. The Morgan fingerprint density at radius 1 is 1.31 bits per heavy atom. The Balaban J connectivity index is 2.28. The van der Waals surface area contributed by atoms with E-state index in [9.17, 15) is 10.1 Å². The summed E-state index contributed by atoms with van der Waals surface area (Å²) in [6.07, 6.45) is 3.17. The number of carbonyl (C=O) groups is 1. The standard InChI is InChI=1S/C23H23BrN2O3/c1-4-11-29-22-20(24)13-17(14-21(22)28-5-2)12-19(15-25)23(27)26-16(3)18-9-7-6-8-10-18/h4,6-10,12-14,16H,1,5,11H2,2-3H3,(H,26,27)/b19-12+. The molecule has 2 aromatic carbocycles. The minimum absolute atomic E-state index is 0.00175. The van der Waals surface area contributed by atoms with Crippen molar-refractivity contribution >= 4 is 27.9 Å². The molecule has 0 saturated carbocycles. The highest BCUT2D eigenvalue weighted by Gasteiger charge is 2.16. The van der Waals surface area contributed by atoms with Crippen LogP contribution in [0.1, 0.15) is 31.0 Å². The Bertz CT molecular complexity index is 933. The summed E-state index contributed by atoms with van der Waals surface area (Å²) in [4.78, 5) is 12.6. The van der Waals surface area contributed by atoms with Gasteiger partial charge in [0.15, 0.2) is 11.5 Å². The van der Waals surface area contributed by atoms with E-state index in [2.05, 4.69) is 27.8 Å². The quantitative estimate of drug-likeness (QED) is 0.321.